The predicted molar refractivity (Wildman–Crippen MR) is 145 cm³/mol. The molecule has 0 bridgehead atoms. The molecule has 2 aromatic carbocycles. The summed E-state index contributed by atoms with van der Waals surface area (Å²) in [5, 5.41) is 5.78. The average Bonchev–Trinajstić information content (AvgIpc) is 3.27. The fourth-order valence-electron chi connectivity index (χ4n) is 3.72. The van der Waals surface area contributed by atoms with E-state index in [4.69, 9.17) is 33.0 Å². The van der Waals surface area contributed by atoms with Gasteiger partial charge in [-0.1, -0.05) is 78.2 Å². The molecule has 1 heterocycles. The molecule has 0 amide bonds. The zero-order chi connectivity index (χ0) is 25.4. The highest BCUT2D eigenvalue weighted by atomic mass is 35.5. The van der Waals surface area contributed by atoms with Crippen LogP contribution in [-0.4, -0.2) is 23.2 Å². The van der Waals surface area contributed by atoms with Gasteiger partial charge >= 0.3 is 0 Å². The maximum Gasteiger partial charge on any atom is 0.123 e. The Morgan fingerprint density at radius 1 is 1.14 bits per heavy atom. The Bertz CT molecular complexity index is 1240. The minimum absolute atomic E-state index is 0.268. The number of aryl methyl sites for hydroxylation is 1. The number of aromatic nitrogens is 2. The van der Waals surface area contributed by atoms with Crippen LogP contribution >= 0.6 is 23.2 Å². The van der Waals surface area contributed by atoms with E-state index in [0.29, 0.717) is 28.6 Å². The first-order valence-corrected chi connectivity index (χ1v) is 12.3. The molecular formula is C29H30Cl2N2O2. The molecule has 1 unspecified atom stereocenters. The lowest BCUT2D eigenvalue weighted by atomic mass is 9.96. The number of nitrogens with zero attached hydrogens (tertiary/aromatic N) is 2. The van der Waals surface area contributed by atoms with E-state index in [9.17, 15) is 4.79 Å². The third kappa shape index (κ3) is 7.20. The van der Waals surface area contributed by atoms with E-state index in [-0.39, 0.29) is 5.92 Å². The third-order valence-electron chi connectivity index (χ3n) is 5.54. The summed E-state index contributed by atoms with van der Waals surface area (Å²) in [5.41, 5.74) is 5.52. The minimum atomic E-state index is -0.268. The van der Waals surface area contributed by atoms with Gasteiger partial charge in [-0.2, -0.15) is 5.10 Å². The SMILES string of the molecule is C=C(/C=C(\C=C/CC)OC)CC(C=O)Cc1cc(-c2ccc(C)cc2)n(-c2ccc(Cl)c(Cl)c2)n1. The van der Waals surface area contributed by atoms with E-state index in [0.717, 1.165) is 40.9 Å². The number of carbonyl (C=O) groups is 1. The Hall–Kier alpha value is -3.08. The van der Waals surface area contributed by atoms with Crippen LogP contribution in [0.25, 0.3) is 16.9 Å². The Kier molecular flexibility index (Phi) is 9.53. The fraction of sp³-hybridized carbons (Fsp3) is 0.241. The molecule has 0 saturated heterocycles. The zero-order valence-corrected chi connectivity index (χ0v) is 21.8. The number of rotatable bonds is 11. The highest BCUT2D eigenvalue weighted by Crippen LogP contribution is 2.30. The number of hydrogen-bond acceptors (Lipinski definition) is 3. The van der Waals surface area contributed by atoms with Gasteiger partial charge in [-0.3, -0.25) is 0 Å². The zero-order valence-electron chi connectivity index (χ0n) is 20.3. The van der Waals surface area contributed by atoms with E-state index in [1.54, 1.807) is 19.2 Å². The molecule has 3 aromatic rings. The van der Waals surface area contributed by atoms with Crippen molar-refractivity contribution in [3.63, 3.8) is 0 Å². The fourth-order valence-corrected chi connectivity index (χ4v) is 4.01. The number of ether oxygens (including phenoxy) is 1. The van der Waals surface area contributed by atoms with Gasteiger partial charge in [0.15, 0.2) is 0 Å². The molecule has 0 saturated carbocycles. The number of methoxy groups -OCH3 is 1. The van der Waals surface area contributed by atoms with E-state index in [1.807, 2.05) is 35.0 Å². The Balaban J connectivity index is 1.91. The topological polar surface area (TPSA) is 44.1 Å². The lowest BCUT2D eigenvalue weighted by Gasteiger charge is -2.10. The van der Waals surface area contributed by atoms with Gasteiger partial charge in [0, 0.05) is 17.9 Å². The molecule has 0 aliphatic rings. The quantitative estimate of drug-likeness (QED) is 0.150. The number of halogens is 2. The van der Waals surface area contributed by atoms with Crippen molar-refractivity contribution in [3.8, 4) is 16.9 Å². The summed E-state index contributed by atoms with van der Waals surface area (Å²) < 4.78 is 7.23. The van der Waals surface area contributed by atoms with Crippen molar-refractivity contribution in [1.82, 2.24) is 9.78 Å². The van der Waals surface area contributed by atoms with Crippen LogP contribution in [0.3, 0.4) is 0 Å². The van der Waals surface area contributed by atoms with Crippen molar-refractivity contribution < 1.29 is 9.53 Å². The van der Waals surface area contributed by atoms with Crippen LogP contribution < -0.4 is 0 Å². The van der Waals surface area contributed by atoms with Gasteiger partial charge in [0.05, 0.1) is 34.2 Å². The second-order valence-corrected chi connectivity index (χ2v) is 9.24. The second kappa shape index (κ2) is 12.6. The number of aldehydes is 1. The lowest BCUT2D eigenvalue weighted by molar-refractivity contribution is -0.111. The van der Waals surface area contributed by atoms with Gasteiger partial charge < -0.3 is 9.53 Å². The summed E-state index contributed by atoms with van der Waals surface area (Å²) in [6.45, 7) is 8.23. The summed E-state index contributed by atoms with van der Waals surface area (Å²) >= 11 is 12.4. The van der Waals surface area contributed by atoms with Crippen LogP contribution in [0.4, 0.5) is 0 Å². The summed E-state index contributed by atoms with van der Waals surface area (Å²) in [6, 6.07) is 15.7. The van der Waals surface area contributed by atoms with Crippen molar-refractivity contribution >= 4 is 29.5 Å². The molecule has 3 rings (SSSR count). The van der Waals surface area contributed by atoms with Crippen LogP contribution in [0.2, 0.25) is 10.0 Å². The number of carbonyl (C=O) groups excluding carboxylic acids is 1. The van der Waals surface area contributed by atoms with Gasteiger partial charge in [-0.15, -0.1) is 0 Å². The number of benzene rings is 2. The molecule has 6 heteroatoms. The smallest absolute Gasteiger partial charge is 0.123 e. The molecule has 0 fully saturated rings. The first kappa shape index (κ1) is 26.5. The molecule has 1 aromatic heterocycles. The maximum absolute atomic E-state index is 11.9. The van der Waals surface area contributed by atoms with Crippen LogP contribution in [0, 0.1) is 12.8 Å². The molecule has 35 heavy (non-hydrogen) atoms. The largest absolute Gasteiger partial charge is 0.497 e. The summed E-state index contributed by atoms with van der Waals surface area (Å²) in [4.78, 5) is 11.9. The highest BCUT2D eigenvalue weighted by molar-refractivity contribution is 6.42. The van der Waals surface area contributed by atoms with Crippen LogP contribution in [0.1, 0.15) is 31.0 Å². The Morgan fingerprint density at radius 2 is 1.89 bits per heavy atom. The number of allylic oxidation sites excluding steroid dienone is 4. The molecule has 0 N–H and O–H groups in total. The molecule has 1 atom stereocenters. The van der Waals surface area contributed by atoms with Crippen molar-refractivity contribution in [2.45, 2.75) is 33.1 Å². The van der Waals surface area contributed by atoms with Crippen LogP contribution in [0.15, 0.2) is 84.7 Å². The van der Waals surface area contributed by atoms with Crippen LogP contribution in [-0.2, 0) is 16.0 Å². The summed E-state index contributed by atoms with van der Waals surface area (Å²) in [6.07, 6.45) is 8.67. The van der Waals surface area contributed by atoms with Crippen LogP contribution in [0.5, 0.6) is 0 Å². The summed E-state index contributed by atoms with van der Waals surface area (Å²) in [5.74, 6) is 0.446. The molecule has 0 aliphatic heterocycles. The highest BCUT2D eigenvalue weighted by Gasteiger charge is 2.17. The molecular weight excluding hydrogens is 479 g/mol. The average molecular weight is 509 g/mol. The molecule has 182 valence electrons. The lowest BCUT2D eigenvalue weighted by Crippen LogP contribution is -2.08. The van der Waals surface area contributed by atoms with Gasteiger partial charge in [0.2, 0.25) is 0 Å². The molecule has 4 nitrogen and oxygen atoms in total. The maximum atomic E-state index is 11.9. The van der Waals surface area contributed by atoms with Crippen molar-refractivity contribution in [3.05, 3.63) is 106 Å². The normalized spacial score (nSPS) is 12.7. The summed E-state index contributed by atoms with van der Waals surface area (Å²) in [7, 11) is 1.62. The number of hydrogen-bond donors (Lipinski definition) is 0. The minimum Gasteiger partial charge on any atom is -0.497 e. The Morgan fingerprint density at radius 3 is 2.51 bits per heavy atom. The molecule has 0 radical (unpaired) electrons. The van der Waals surface area contributed by atoms with Gasteiger partial charge in [0.25, 0.3) is 0 Å². The standard InChI is InChI=1S/C29H30Cl2N2O2/c1-5-6-7-26(35-4)15-21(3)14-22(19-34)16-24-17-29(23-10-8-20(2)9-11-23)33(32-24)25-12-13-27(30)28(31)18-25/h6-13,15,17-19,22H,3,5,14,16H2,1-2,4H3/b7-6-,26-15+. The molecule has 0 aliphatic carbocycles. The van der Waals surface area contributed by atoms with Crippen molar-refractivity contribution in [1.29, 1.82) is 0 Å². The second-order valence-electron chi connectivity index (χ2n) is 8.42. The Labute approximate surface area is 217 Å². The van der Waals surface area contributed by atoms with Gasteiger partial charge in [0.1, 0.15) is 12.0 Å². The van der Waals surface area contributed by atoms with Crippen molar-refractivity contribution in [2.24, 2.45) is 5.92 Å². The van der Waals surface area contributed by atoms with Gasteiger partial charge in [-0.05, 0) is 56.2 Å². The first-order valence-electron chi connectivity index (χ1n) is 11.5. The van der Waals surface area contributed by atoms with E-state index in [2.05, 4.69) is 44.7 Å². The predicted octanol–water partition coefficient (Wildman–Crippen LogP) is 7.95. The van der Waals surface area contributed by atoms with E-state index >= 15 is 0 Å². The monoisotopic (exact) mass is 508 g/mol. The van der Waals surface area contributed by atoms with E-state index in [1.165, 1.54) is 5.56 Å². The molecule has 0 spiro atoms. The third-order valence-corrected chi connectivity index (χ3v) is 6.28. The van der Waals surface area contributed by atoms with E-state index < -0.39 is 0 Å². The van der Waals surface area contributed by atoms with Crippen molar-refractivity contribution in [2.75, 3.05) is 7.11 Å². The first-order chi connectivity index (χ1) is 16.8. The van der Waals surface area contributed by atoms with Gasteiger partial charge in [-0.25, -0.2) is 4.68 Å².